The Morgan fingerprint density at radius 2 is 1.92 bits per heavy atom. The Labute approximate surface area is 211 Å². The zero-order chi connectivity index (χ0) is 25.5. The second-order valence-electron chi connectivity index (χ2n) is 9.54. The molecule has 1 atom stereocenters. The van der Waals surface area contributed by atoms with Gasteiger partial charge in [-0.25, -0.2) is 22.5 Å². The first kappa shape index (κ1) is 24.6. The molecular formula is C26H30FN5O3S. The van der Waals surface area contributed by atoms with Gasteiger partial charge in [0.1, 0.15) is 16.5 Å². The van der Waals surface area contributed by atoms with Crippen molar-refractivity contribution in [3.8, 4) is 5.69 Å². The lowest BCUT2D eigenvalue weighted by Crippen LogP contribution is -2.51. The topological polar surface area (TPSA) is 80.6 Å². The maximum Gasteiger partial charge on any atom is 0.244 e. The van der Waals surface area contributed by atoms with Gasteiger partial charge >= 0.3 is 0 Å². The summed E-state index contributed by atoms with van der Waals surface area (Å²) in [7, 11) is 0.00202. The van der Waals surface area contributed by atoms with Gasteiger partial charge in [0.2, 0.25) is 10.0 Å². The third-order valence-corrected chi connectivity index (χ3v) is 8.82. The lowest BCUT2D eigenvalue weighted by molar-refractivity contribution is 0.0477. The van der Waals surface area contributed by atoms with Gasteiger partial charge in [0.25, 0.3) is 0 Å². The van der Waals surface area contributed by atoms with Gasteiger partial charge in [0, 0.05) is 45.4 Å². The number of nitrogens with zero attached hydrogens (tertiary/aromatic N) is 5. The molecule has 1 saturated heterocycles. The van der Waals surface area contributed by atoms with E-state index in [9.17, 15) is 12.8 Å². The fourth-order valence-electron chi connectivity index (χ4n) is 5.05. The third-order valence-electron chi connectivity index (χ3n) is 6.99. The zero-order valence-corrected chi connectivity index (χ0v) is 21.5. The van der Waals surface area contributed by atoms with E-state index in [0.717, 1.165) is 22.5 Å². The average Bonchev–Trinajstić information content (AvgIpc) is 3.28. The number of aromatic nitrogens is 3. The molecule has 1 aliphatic carbocycles. The van der Waals surface area contributed by atoms with Crippen LogP contribution in [0.15, 0.2) is 59.3 Å². The van der Waals surface area contributed by atoms with Gasteiger partial charge in [0.05, 0.1) is 24.2 Å². The van der Waals surface area contributed by atoms with E-state index in [1.807, 2.05) is 36.8 Å². The first-order valence-corrected chi connectivity index (χ1v) is 13.4. The van der Waals surface area contributed by atoms with Crippen molar-refractivity contribution in [2.24, 2.45) is 5.41 Å². The van der Waals surface area contributed by atoms with Crippen molar-refractivity contribution in [3.05, 3.63) is 71.4 Å². The van der Waals surface area contributed by atoms with Gasteiger partial charge in [-0.2, -0.15) is 9.40 Å². The van der Waals surface area contributed by atoms with Crippen LogP contribution in [0.5, 0.6) is 0 Å². The molecule has 0 spiro atoms. The molecule has 1 fully saturated rings. The second-order valence-corrected chi connectivity index (χ2v) is 11.5. The van der Waals surface area contributed by atoms with E-state index in [2.05, 4.69) is 16.2 Å². The Hall–Kier alpha value is -3.08. The van der Waals surface area contributed by atoms with Crippen LogP contribution in [0.3, 0.4) is 0 Å². The lowest BCUT2D eigenvalue weighted by Gasteiger charge is -2.45. The first-order valence-electron chi connectivity index (χ1n) is 12.0. The molecular weight excluding hydrogens is 481 g/mol. The van der Waals surface area contributed by atoms with Gasteiger partial charge in [-0.1, -0.05) is 5.57 Å². The van der Waals surface area contributed by atoms with Gasteiger partial charge < -0.3 is 9.64 Å². The Bertz CT molecular complexity index is 1380. The first-order chi connectivity index (χ1) is 17.2. The number of sulfonamides is 1. The summed E-state index contributed by atoms with van der Waals surface area (Å²) in [5.41, 5.74) is 3.41. The van der Waals surface area contributed by atoms with Crippen molar-refractivity contribution in [2.75, 3.05) is 45.3 Å². The summed E-state index contributed by atoms with van der Waals surface area (Å²) >= 11 is 0. The van der Waals surface area contributed by atoms with E-state index < -0.39 is 15.4 Å². The molecule has 5 rings (SSSR count). The maximum atomic E-state index is 13.6. The Kier molecular flexibility index (Phi) is 6.44. The van der Waals surface area contributed by atoms with Crippen LogP contribution in [0.2, 0.25) is 0 Å². The number of pyridine rings is 1. The normalized spacial score (nSPS) is 19.9. The highest BCUT2D eigenvalue weighted by molar-refractivity contribution is 7.89. The molecule has 190 valence electrons. The Morgan fingerprint density at radius 3 is 2.58 bits per heavy atom. The molecule has 0 N–H and O–H groups in total. The summed E-state index contributed by atoms with van der Waals surface area (Å²) < 4.78 is 49.9. The van der Waals surface area contributed by atoms with Gasteiger partial charge in [-0.05, 0) is 67.8 Å². The molecule has 1 aliphatic heterocycles. The van der Waals surface area contributed by atoms with Gasteiger partial charge in [-0.15, -0.1) is 0 Å². The number of hydrogen-bond acceptors (Lipinski definition) is 6. The summed E-state index contributed by atoms with van der Waals surface area (Å²) in [5.74, 6) is 0.401. The molecule has 0 saturated carbocycles. The second kappa shape index (κ2) is 9.42. The fraction of sp³-hybridized carbons (Fsp3) is 0.385. The summed E-state index contributed by atoms with van der Waals surface area (Å²) in [6.45, 7) is 3.59. The number of anilines is 1. The van der Waals surface area contributed by atoms with E-state index in [4.69, 9.17) is 4.74 Å². The van der Waals surface area contributed by atoms with Gasteiger partial charge in [0.15, 0.2) is 0 Å². The van der Waals surface area contributed by atoms with Crippen molar-refractivity contribution in [2.45, 2.75) is 24.7 Å². The van der Waals surface area contributed by atoms with Crippen LogP contribution in [0.1, 0.15) is 24.6 Å². The van der Waals surface area contributed by atoms with Crippen LogP contribution in [-0.4, -0.2) is 67.9 Å². The molecule has 3 aromatic rings. The molecule has 1 aromatic carbocycles. The third kappa shape index (κ3) is 4.33. The van der Waals surface area contributed by atoms with Crippen molar-refractivity contribution >= 4 is 21.9 Å². The molecule has 3 heterocycles. The standard InChI is InChI=1S/C26H30FN5O3S/c1-4-35-18-26-14-19-15-29-32(22-7-5-21(27)6-8-22)24(19)13-20(26)11-12-31(17-26)36(33,34)23-9-10-25(28-16-23)30(2)3/h5-10,13,15-16H,4,11-12,14,17-18H2,1-3H3/t26-/m1/s1. The van der Waals surface area contributed by atoms with Crippen LogP contribution in [0.25, 0.3) is 11.8 Å². The van der Waals surface area contributed by atoms with Crippen molar-refractivity contribution in [1.29, 1.82) is 0 Å². The number of benzene rings is 1. The Balaban J connectivity index is 1.48. The van der Waals surface area contributed by atoms with Crippen molar-refractivity contribution in [1.82, 2.24) is 19.1 Å². The van der Waals surface area contributed by atoms with E-state index in [1.54, 1.807) is 28.6 Å². The molecule has 0 unspecified atom stereocenters. The molecule has 2 aliphatic rings. The maximum absolute atomic E-state index is 13.6. The van der Waals surface area contributed by atoms with Crippen LogP contribution in [-0.2, 0) is 21.2 Å². The highest BCUT2D eigenvalue weighted by Crippen LogP contribution is 2.45. The SMILES string of the molecule is CCOC[C@]12Cc3cnn(-c4ccc(F)cc4)c3C=C1CCN(S(=O)(=O)c1ccc(N(C)C)nc1)C2. The number of piperidine rings is 1. The predicted octanol–water partition coefficient (Wildman–Crippen LogP) is 3.53. The summed E-state index contributed by atoms with van der Waals surface area (Å²) in [4.78, 5) is 6.32. The van der Waals surface area contributed by atoms with Crippen molar-refractivity contribution in [3.63, 3.8) is 0 Å². The minimum absolute atomic E-state index is 0.188. The average molecular weight is 512 g/mol. The monoisotopic (exact) mass is 511 g/mol. The van der Waals surface area contributed by atoms with Crippen molar-refractivity contribution < 1.29 is 17.5 Å². The van der Waals surface area contributed by atoms with Crippen LogP contribution < -0.4 is 4.90 Å². The summed E-state index contributed by atoms with van der Waals surface area (Å²) in [5, 5.41) is 4.57. The summed E-state index contributed by atoms with van der Waals surface area (Å²) in [6.07, 6.45) is 6.56. The Morgan fingerprint density at radius 1 is 1.14 bits per heavy atom. The van der Waals surface area contributed by atoms with E-state index in [0.29, 0.717) is 45.0 Å². The van der Waals surface area contributed by atoms with Crippen LogP contribution >= 0.6 is 0 Å². The largest absolute Gasteiger partial charge is 0.381 e. The van der Waals surface area contributed by atoms with Gasteiger partial charge in [-0.3, -0.25) is 0 Å². The minimum Gasteiger partial charge on any atom is -0.381 e. The highest BCUT2D eigenvalue weighted by Gasteiger charge is 2.46. The van der Waals surface area contributed by atoms with E-state index in [-0.39, 0.29) is 10.7 Å². The molecule has 8 nitrogen and oxygen atoms in total. The number of hydrogen-bond donors (Lipinski definition) is 0. The minimum atomic E-state index is -3.72. The molecule has 10 heteroatoms. The van der Waals surface area contributed by atoms with Crippen LogP contribution in [0.4, 0.5) is 10.2 Å². The molecule has 0 amide bonds. The smallest absolute Gasteiger partial charge is 0.244 e. The number of ether oxygens (including phenoxy) is 1. The highest BCUT2D eigenvalue weighted by atomic mass is 32.2. The predicted molar refractivity (Wildman–Crippen MR) is 136 cm³/mol. The molecule has 0 radical (unpaired) electrons. The fourth-order valence-corrected chi connectivity index (χ4v) is 6.53. The molecule has 0 bridgehead atoms. The van der Waals surface area contributed by atoms with E-state index >= 15 is 0 Å². The number of fused-ring (bicyclic) bond motifs is 2. The number of halogens is 1. The van der Waals surface area contributed by atoms with Crippen LogP contribution in [0, 0.1) is 11.2 Å². The number of rotatable bonds is 7. The lowest BCUT2D eigenvalue weighted by atomic mass is 9.69. The molecule has 36 heavy (non-hydrogen) atoms. The molecule has 2 aromatic heterocycles. The quantitative estimate of drug-likeness (QED) is 0.483. The van der Waals surface area contributed by atoms with E-state index in [1.165, 1.54) is 18.3 Å². The zero-order valence-electron chi connectivity index (χ0n) is 20.7. The summed E-state index contributed by atoms with van der Waals surface area (Å²) in [6, 6.07) is 9.57.